The number of carbonyl (C=O) groups is 3. The van der Waals surface area contributed by atoms with Crippen LogP contribution in [0.25, 0.3) is 0 Å². The van der Waals surface area contributed by atoms with Crippen molar-refractivity contribution in [3.8, 4) is 0 Å². The molecular formula is C20H28N2O4. The van der Waals surface area contributed by atoms with E-state index in [4.69, 9.17) is 5.11 Å². The summed E-state index contributed by atoms with van der Waals surface area (Å²) in [6, 6.07) is 9.62. The van der Waals surface area contributed by atoms with Crippen molar-refractivity contribution in [1.82, 2.24) is 9.80 Å². The highest BCUT2D eigenvalue weighted by Crippen LogP contribution is 2.23. The van der Waals surface area contributed by atoms with E-state index < -0.39 is 11.9 Å². The van der Waals surface area contributed by atoms with Crippen LogP contribution in [0, 0.1) is 5.92 Å². The van der Waals surface area contributed by atoms with Crippen molar-refractivity contribution in [3.05, 3.63) is 35.9 Å². The average molecular weight is 360 g/mol. The number of benzene rings is 1. The van der Waals surface area contributed by atoms with Gasteiger partial charge in [-0.2, -0.15) is 0 Å². The van der Waals surface area contributed by atoms with E-state index in [-0.39, 0.29) is 30.8 Å². The Hall–Kier alpha value is -2.37. The Morgan fingerprint density at radius 3 is 2.58 bits per heavy atom. The summed E-state index contributed by atoms with van der Waals surface area (Å²) in [5.74, 6) is -1.88. The number of hydrogen-bond donors (Lipinski definition) is 1. The summed E-state index contributed by atoms with van der Waals surface area (Å²) >= 11 is 0. The highest BCUT2D eigenvalue weighted by Gasteiger charge is 2.30. The minimum absolute atomic E-state index is 0.0157. The molecule has 6 heteroatoms. The molecule has 1 aliphatic rings. The number of hydrogen-bond acceptors (Lipinski definition) is 3. The van der Waals surface area contributed by atoms with E-state index in [9.17, 15) is 14.4 Å². The van der Waals surface area contributed by atoms with Crippen molar-refractivity contribution in [2.24, 2.45) is 5.92 Å². The van der Waals surface area contributed by atoms with Gasteiger partial charge < -0.3 is 14.9 Å². The van der Waals surface area contributed by atoms with E-state index >= 15 is 0 Å². The molecule has 0 aliphatic carbocycles. The lowest BCUT2D eigenvalue weighted by Gasteiger charge is -2.32. The number of likely N-dealkylation sites (N-methyl/N-ethyl adjacent to an activating group) is 1. The van der Waals surface area contributed by atoms with Crippen molar-refractivity contribution in [2.75, 3.05) is 26.7 Å². The van der Waals surface area contributed by atoms with Gasteiger partial charge in [0.25, 0.3) is 0 Å². The van der Waals surface area contributed by atoms with Crippen LogP contribution in [0.4, 0.5) is 0 Å². The molecule has 0 aromatic heterocycles. The maximum Gasteiger partial charge on any atom is 0.308 e. The van der Waals surface area contributed by atoms with Gasteiger partial charge in [0, 0.05) is 20.1 Å². The van der Waals surface area contributed by atoms with Crippen LogP contribution in [0.3, 0.4) is 0 Å². The Kier molecular flexibility index (Phi) is 7.18. The van der Waals surface area contributed by atoms with Gasteiger partial charge in [-0.05, 0) is 24.8 Å². The lowest BCUT2D eigenvalue weighted by atomic mass is 9.93. The summed E-state index contributed by atoms with van der Waals surface area (Å²) in [7, 11) is 1.64. The maximum atomic E-state index is 12.9. The second-order valence-corrected chi connectivity index (χ2v) is 6.96. The molecule has 1 saturated heterocycles. The molecule has 2 amide bonds. The summed E-state index contributed by atoms with van der Waals surface area (Å²) in [5, 5.41) is 9.16. The van der Waals surface area contributed by atoms with Gasteiger partial charge in [0.2, 0.25) is 11.8 Å². The molecule has 1 aromatic rings. The standard InChI is InChI=1S/C20H28N2O4/c1-3-8-17(15-9-5-4-6-10-15)19(24)21(2)14-18(23)22-12-7-11-16(13-22)20(25)26/h4-6,9-10,16-17H,3,7-8,11-14H2,1-2H3,(H,25,26). The smallest absolute Gasteiger partial charge is 0.308 e. The number of likely N-dealkylation sites (tertiary alicyclic amines) is 1. The second kappa shape index (κ2) is 9.36. The average Bonchev–Trinajstić information content (AvgIpc) is 2.66. The Labute approximate surface area is 154 Å². The highest BCUT2D eigenvalue weighted by molar-refractivity contribution is 5.88. The second-order valence-electron chi connectivity index (χ2n) is 6.96. The van der Waals surface area contributed by atoms with E-state index in [1.807, 2.05) is 37.3 Å². The van der Waals surface area contributed by atoms with Gasteiger partial charge in [-0.3, -0.25) is 14.4 Å². The zero-order valence-corrected chi connectivity index (χ0v) is 15.6. The molecular weight excluding hydrogens is 332 g/mol. The fraction of sp³-hybridized carbons (Fsp3) is 0.550. The number of piperidine rings is 1. The molecule has 142 valence electrons. The number of carboxylic acids is 1. The summed E-state index contributed by atoms with van der Waals surface area (Å²) in [4.78, 5) is 39.6. The largest absolute Gasteiger partial charge is 0.481 e. The fourth-order valence-electron chi connectivity index (χ4n) is 3.46. The molecule has 26 heavy (non-hydrogen) atoms. The summed E-state index contributed by atoms with van der Waals surface area (Å²) < 4.78 is 0. The molecule has 2 unspecified atom stereocenters. The maximum absolute atomic E-state index is 12.9. The number of carbonyl (C=O) groups excluding carboxylic acids is 2. The third kappa shape index (κ3) is 5.07. The van der Waals surface area contributed by atoms with E-state index in [2.05, 4.69) is 0 Å². The van der Waals surface area contributed by atoms with Crippen LogP contribution in [-0.4, -0.2) is 59.4 Å². The lowest BCUT2D eigenvalue weighted by molar-refractivity contribution is -0.147. The van der Waals surface area contributed by atoms with Crippen molar-refractivity contribution < 1.29 is 19.5 Å². The van der Waals surface area contributed by atoms with E-state index in [0.29, 0.717) is 19.4 Å². The van der Waals surface area contributed by atoms with Gasteiger partial charge in [0.05, 0.1) is 18.4 Å². The Balaban J connectivity index is 2.00. The van der Waals surface area contributed by atoms with Crippen molar-refractivity contribution in [1.29, 1.82) is 0 Å². The van der Waals surface area contributed by atoms with Gasteiger partial charge in [-0.1, -0.05) is 43.7 Å². The molecule has 1 fully saturated rings. The minimum atomic E-state index is -0.862. The first kappa shape index (κ1) is 19.9. The number of nitrogens with zero attached hydrogens (tertiary/aromatic N) is 2. The SMILES string of the molecule is CCCC(C(=O)N(C)CC(=O)N1CCCC(C(=O)O)C1)c1ccccc1. The molecule has 0 spiro atoms. The Bertz CT molecular complexity index is 632. The van der Waals surface area contributed by atoms with Crippen LogP contribution in [0.15, 0.2) is 30.3 Å². The molecule has 0 bridgehead atoms. The van der Waals surface area contributed by atoms with Crippen LogP contribution in [0.1, 0.15) is 44.1 Å². The van der Waals surface area contributed by atoms with Gasteiger partial charge in [0.15, 0.2) is 0 Å². The van der Waals surface area contributed by atoms with Crippen molar-refractivity contribution >= 4 is 17.8 Å². The molecule has 1 aromatic carbocycles. The molecule has 1 N–H and O–H groups in total. The fourth-order valence-corrected chi connectivity index (χ4v) is 3.46. The lowest BCUT2D eigenvalue weighted by Crippen LogP contribution is -2.47. The van der Waals surface area contributed by atoms with Gasteiger partial charge in [-0.15, -0.1) is 0 Å². The highest BCUT2D eigenvalue weighted by atomic mass is 16.4. The first-order valence-electron chi connectivity index (χ1n) is 9.24. The third-order valence-electron chi connectivity index (χ3n) is 4.95. The molecule has 2 atom stereocenters. The van der Waals surface area contributed by atoms with E-state index in [1.54, 1.807) is 11.9 Å². The van der Waals surface area contributed by atoms with Crippen LogP contribution >= 0.6 is 0 Å². The molecule has 6 nitrogen and oxygen atoms in total. The molecule has 1 aliphatic heterocycles. The summed E-state index contributed by atoms with van der Waals surface area (Å²) in [6.07, 6.45) is 2.88. The molecule has 2 rings (SSSR count). The predicted molar refractivity (Wildman–Crippen MR) is 98.7 cm³/mol. The van der Waals surface area contributed by atoms with E-state index in [0.717, 1.165) is 18.4 Å². The third-order valence-corrected chi connectivity index (χ3v) is 4.95. The quantitative estimate of drug-likeness (QED) is 0.810. The topological polar surface area (TPSA) is 77.9 Å². The molecule has 0 saturated carbocycles. The van der Waals surface area contributed by atoms with Gasteiger partial charge in [-0.25, -0.2) is 0 Å². The number of carboxylic acid groups (broad SMARTS) is 1. The first-order chi connectivity index (χ1) is 12.4. The van der Waals surface area contributed by atoms with Crippen LogP contribution in [0.5, 0.6) is 0 Å². The Morgan fingerprint density at radius 2 is 1.96 bits per heavy atom. The number of rotatable bonds is 7. The summed E-state index contributed by atoms with van der Waals surface area (Å²) in [6.45, 7) is 2.81. The molecule has 1 heterocycles. The van der Waals surface area contributed by atoms with Crippen LogP contribution in [0.2, 0.25) is 0 Å². The summed E-state index contributed by atoms with van der Waals surface area (Å²) in [5.41, 5.74) is 0.961. The normalized spacial score (nSPS) is 18.2. The van der Waals surface area contributed by atoms with Crippen molar-refractivity contribution in [2.45, 2.75) is 38.5 Å². The Morgan fingerprint density at radius 1 is 1.27 bits per heavy atom. The van der Waals surface area contributed by atoms with Gasteiger partial charge >= 0.3 is 5.97 Å². The zero-order chi connectivity index (χ0) is 19.1. The van der Waals surface area contributed by atoms with Crippen LogP contribution < -0.4 is 0 Å². The monoisotopic (exact) mass is 360 g/mol. The predicted octanol–water partition coefficient (Wildman–Crippen LogP) is 2.35. The van der Waals surface area contributed by atoms with Gasteiger partial charge in [0.1, 0.15) is 0 Å². The zero-order valence-electron chi connectivity index (χ0n) is 15.6. The number of amides is 2. The first-order valence-corrected chi connectivity index (χ1v) is 9.24. The number of aliphatic carboxylic acids is 1. The van der Waals surface area contributed by atoms with Crippen molar-refractivity contribution in [3.63, 3.8) is 0 Å². The van der Waals surface area contributed by atoms with Crippen LogP contribution in [-0.2, 0) is 14.4 Å². The minimum Gasteiger partial charge on any atom is -0.481 e. The van der Waals surface area contributed by atoms with E-state index in [1.165, 1.54) is 4.90 Å². The molecule has 0 radical (unpaired) electrons.